The summed E-state index contributed by atoms with van der Waals surface area (Å²) in [7, 11) is -2.73. The van der Waals surface area contributed by atoms with Gasteiger partial charge in [0.05, 0.1) is 10.6 Å². The van der Waals surface area contributed by atoms with Gasteiger partial charge >= 0.3 is 0 Å². The highest BCUT2D eigenvalue weighted by Gasteiger charge is 2.24. The van der Waals surface area contributed by atoms with Crippen LogP contribution in [0.4, 0.5) is 11.4 Å². The van der Waals surface area contributed by atoms with Gasteiger partial charge in [-0.05, 0) is 19.2 Å². The van der Waals surface area contributed by atoms with Gasteiger partial charge < -0.3 is 5.43 Å². The SMILES string of the molecule is CNS(=O)(=O)c1cc(NN)ccc1[N+](=O)[O-]. The number of hydrazine groups is 1. The Morgan fingerprint density at radius 2 is 2.06 bits per heavy atom. The summed E-state index contributed by atoms with van der Waals surface area (Å²) in [6.07, 6.45) is 0. The van der Waals surface area contributed by atoms with Gasteiger partial charge in [0.2, 0.25) is 10.0 Å². The molecular formula is C7H10N4O4S. The average molecular weight is 246 g/mol. The molecule has 0 bridgehead atoms. The van der Waals surface area contributed by atoms with E-state index in [2.05, 4.69) is 5.43 Å². The first kappa shape index (κ1) is 12.4. The predicted octanol–water partition coefficient (Wildman–Crippen LogP) is -0.211. The first-order valence-electron chi connectivity index (χ1n) is 4.11. The molecule has 8 nitrogen and oxygen atoms in total. The van der Waals surface area contributed by atoms with E-state index < -0.39 is 25.5 Å². The Morgan fingerprint density at radius 1 is 1.44 bits per heavy atom. The number of anilines is 1. The number of hydrogen-bond acceptors (Lipinski definition) is 6. The molecule has 0 unspecified atom stereocenters. The van der Waals surface area contributed by atoms with Crippen molar-refractivity contribution in [3.8, 4) is 0 Å². The van der Waals surface area contributed by atoms with E-state index in [9.17, 15) is 18.5 Å². The van der Waals surface area contributed by atoms with Crippen LogP contribution in [0.15, 0.2) is 23.1 Å². The summed E-state index contributed by atoms with van der Waals surface area (Å²) < 4.78 is 25.0. The molecule has 0 saturated heterocycles. The van der Waals surface area contributed by atoms with Gasteiger partial charge in [-0.1, -0.05) is 0 Å². The van der Waals surface area contributed by atoms with Gasteiger partial charge in [0, 0.05) is 6.07 Å². The third-order valence-corrected chi connectivity index (χ3v) is 3.32. The van der Waals surface area contributed by atoms with Crippen molar-refractivity contribution in [3.63, 3.8) is 0 Å². The van der Waals surface area contributed by atoms with E-state index in [0.29, 0.717) is 0 Å². The fourth-order valence-electron chi connectivity index (χ4n) is 1.08. The van der Waals surface area contributed by atoms with E-state index in [1.54, 1.807) is 0 Å². The summed E-state index contributed by atoms with van der Waals surface area (Å²) >= 11 is 0. The fourth-order valence-corrected chi connectivity index (χ4v) is 2.00. The van der Waals surface area contributed by atoms with E-state index in [1.807, 2.05) is 4.72 Å². The second-order valence-corrected chi connectivity index (χ2v) is 4.65. The monoisotopic (exact) mass is 246 g/mol. The molecule has 4 N–H and O–H groups in total. The smallest absolute Gasteiger partial charge is 0.289 e. The molecule has 0 heterocycles. The van der Waals surface area contributed by atoms with E-state index >= 15 is 0 Å². The topological polar surface area (TPSA) is 127 Å². The molecule has 0 atom stereocenters. The predicted molar refractivity (Wildman–Crippen MR) is 57.2 cm³/mol. The second kappa shape index (κ2) is 4.43. The largest absolute Gasteiger partial charge is 0.324 e. The maximum Gasteiger partial charge on any atom is 0.289 e. The van der Waals surface area contributed by atoms with Crippen LogP contribution in [0.3, 0.4) is 0 Å². The zero-order valence-corrected chi connectivity index (χ0v) is 9.11. The van der Waals surface area contributed by atoms with Crippen LogP contribution in [0.5, 0.6) is 0 Å². The normalized spacial score (nSPS) is 11.1. The second-order valence-electron chi connectivity index (χ2n) is 2.79. The van der Waals surface area contributed by atoms with Crippen molar-refractivity contribution >= 4 is 21.4 Å². The van der Waals surface area contributed by atoms with Gasteiger partial charge in [-0.2, -0.15) is 0 Å². The first-order chi connectivity index (χ1) is 7.42. The Balaban J connectivity index is 3.49. The minimum atomic E-state index is -3.89. The number of nitrogens with two attached hydrogens (primary N) is 1. The van der Waals surface area contributed by atoms with Crippen LogP contribution in [0.2, 0.25) is 0 Å². The number of nitro groups is 1. The van der Waals surface area contributed by atoms with Crippen LogP contribution in [-0.2, 0) is 10.0 Å². The van der Waals surface area contributed by atoms with E-state index in [1.165, 1.54) is 13.1 Å². The van der Waals surface area contributed by atoms with Gasteiger partial charge in [0.25, 0.3) is 5.69 Å². The summed E-state index contributed by atoms with van der Waals surface area (Å²) in [5.74, 6) is 5.09. The molecule has 0 aliphatic carbocycles. The number of nitrogens with one attached hydrogen (secondary N) is 2. The third kappa shape index (κ3) is 2.27. The van der Waals surface area contributed by atoms with E-state index in [-0.39, 0.29) is 5.69 Å². The summed E-state index contributed by atoms with van der Waals surface area (Å²) in [6.45, 7) is 0. The van der Waals surface area contributed by atoms with Gasteiger partial charge in [-0.15, -0.1) is 0 Å². The Morgan fingerprint density at radius 3 is 2.50 bits per heavy atom. The first-order valence-corrected chi connectivity index (χ1v) is 5.59. The zero-order chi connectivity index (χ0) is 12.3. The lowest BCUT2D eigenvalue weighted by molar-refractivity contribution is -0.387. The summed E-state index contributed by atoms with van der Waals surface area (Å²) in [6, 6.07) is 3.47. The number of rotatable bonds is 4. The van der Waals surface area contributed by atoms with Crippen molar-refractivity contribution < 1.29 is 13.3 Å². The number of nitro benzene ring substituents is 1. The van der Waals surface area contributed by atoms with Crippen molar-refractivity contribution in [2.24, 2.45) is 5.84 Å². The maximum atomic E-state index is 11.5. The van der Waals surface area contributed by atoms with Gasteiger partial charge in [-0.25, -0.2) is 13.1 Å². The van der Waals surface area contributed by atoms with E-state index in [4.69, 9.17) is 5.84 Å². The molecule has 0 fully saturated rings. The lowest BCUT2D eigenvalue weighted by atomic mass is 10.3. The molecule has 0 saturated carbocycles. The van der Waals surface area contributed by atoms with Crippen LogP contribution >= 0.6 is 0 Å². The minimum Gasteiger partial charge on any atom is -0.324 e. The van der Waals surface area contributed by atoms with Crippen LogP contribution in [0.1, 0.15) is 0 Å². The van der Waals surface area contributed by atoms with Gasteiger partial charge in [0.1, 0.15) is 0 Å². The molecule has 0 aliphatic heterocycles. The number of benzene rings is 1. The van der Waals surface area contributed by atoms with Crippen molar-refractivity contribution in [2.45, 2.75) is 4.90 Å². The molecule has 0 aliphatic rings. The number of hydrogen-bond donors (Lipinski definition) is 3. The summed E-state index contributed by atoms with van der Waals surface area (Å²) in [4.78, 5) is 9.44. The Bertz CT molecular complexity index is 513. The average Bonchev–Trinajstić information content (AvgIpc) is 2.28. The van der Waals surface area contributed by atoms with Gasteiger partial charge in [0.15, 0.2) is 4.90 Å². The molecule has 88 valence electrons. The highest BCUT2D eigenvalue weighted by molar-refractivity contribution is 7.89. The molecular weight excluding hydrogens is 236 g/mol. The summed E-state index contributed by atoms with van der Waals surface area (Å²) in [5.41, 5.74) is 1.97. The number of nitrogens with zero attached hydrogens (tertiary/aromatic N) is 1. The van der Waals surface area contributed by atoms with Crippen LogP contribution in [0.25, 0.3) is 0 Å². The van der Waals surface area contributed by atoms with Crippen molar-refractivity contribution in [3.05, 3.63) is 28.3 Å². The highest BCUT2D eigenvalue weighted by atomic mass is 32.2. The lowest BCUT2D eigenvalue weighted by Crippen LogP contribution is -2.20. The summed E-state index contributed by atoms with van der Waals surface area (Å²) in [5, 5.41) is 10.6. The Kier molecular flexibility index (Phi) is 3.42. The molecule has 1 rings (SSSR count). The quantitative estimate of drug-likeness (QED) is 0.383. The fraction of sp³-hybridized carbons (Fsp3) is 0.143. The van der Waals surface area contributed by atoms with E-state index in [0.717, 1.165) is 12.1 Å². The van der Waals surface area contributed by atoms with Crippen molar-refractivity contribution in [1.82, 2.24) is 4.72 Å². The zero-order valence-electron chi connectivity index (χ0n) is 8.30. The molecule has 16 heavy (non-hydrogen) atoms. The van der Waals surface area contributed by atoms with Crippen LogP contribution < -0.4 is 16.0 Å². The van der Waals surface area contributed by atoms with Crippen LogP contribution in [-0.4, -0.2) is 20.4 Å². The number of sulfonamides is 1. The van der Waals surface area contributed by atoms with Crippen molar-refractivity contribution in [1.29, 1.82) is 0 Å². The van der Waals surface area contributed by atoms with Crippen molar-refractivity contribution in [2.75, 3.05) is 12.5 Å². The Labute approximate surface area is 91.6 Å². The molecule has 0 radical (unpaired) electrons. The Hall–Kier alpha value is -1.71. The number of nitrogen functional groups attached to an aromatic ring is 1. The molecule has 1 aromatic rings. The standard InChI is InChI=1S/C7H10N4O4S/c1-9-16(14,15)7-4-5(10-8)2-3-6(7)11(12)13/h2-4,9-10H,8H2,1H3. The van der Waals surface area contributed by atoms with Crippen LogP contribution in [0, 0.1) is 10.1 Å². The lowest BCUT2D eigenvalue weighted by Gasteiger charge is -2.06. The molecule has 0 spiro atoms. The van der Waals surface area contributed by atoms with Gasteiger partial charge in [-0.3, -0.25) is 16.0 Å². The molecule has 0 aromatic heterocycles. The highest BCUT2D eigenvalue weighted by Crippen LogP contribution is 2.26. The third-order valence-electron chi connectivity index (χ3n) is 1.88. The minimum absolute atomic E-state index is 0.263. The maximum absolute atomic E-state index is 11.5. The molecule has 9 heteroatoms. The molecule has 1 aromatic carbocycles. The molecule has 0 amide bonds.